The zero-order chi connectivity index (χ0) is 13.7. The number of nitrogens with zero attached hydrogens (tertiary/aromatic N) is 2. The van der Waals surface area contributed by atoms with Crippen LogP contribution in [0, 0.1) is 0 Å². The molecule has 0 fully saturated rings. The number of Topliss-reactive ketones (excluding diaryl/α,β-unsaturated/α-hetero) is 1. The Morgan fingerprint density at radius 3 is 2.22 bits per heavy atom. The zero-order valence-corrected chi connectivity index (χ0v) is 12.2. The van der Waals surface area contributed by atoms with Gasteiger partial charge in [0.05, 0.1) is 6.04 Å². The second kappa shape index (κ2) is 6.88. The number of carbonyl (C=O) groups excluding carboxylic acids is 1. The van der Waals surface area contributed by atoms with Crippen LogP contribution in [0.5, 0.6) is 0 Å². The van der Waals surface area contributed by atoms with Gasteiger partial charge in [-0.25, -0.2) is 0 Å². The number of rotatable bonds is 6. The number of hydrogen-bond donors (Lipinski definition) is 0. The van der Waals surface area contributed by atoms with E-state index >= 15 is 0 Å². The number of halogens is 1. The van der Waals surface area contributed by atoms with Crippen molar-refractivity contribution < 1.29 is 4.79 Å². The summed E-state index contributed by atoms with van der Waals surface area (Å²) in [6.07, 6.45) is 0. The van der Waals surface area contributed by atoms with Crippen molar-refractivity contribution in [2.75, 3.05) is 34.2 Å². The standard InChI is InChI=1S/C14H21ClN2O/c1-11(17(4)10-9-16(2)3)14(18)12-5-7-13(15)8-6-12/h5-8,11H,9-10H2,1-4H3. The second-order valence-corrected chi connectivity index (χ2v) is 5.27. The third kappa shape index (κ3) is 4.41. The maximum absolute atomic E-state index is 12.2. The molecule has 1 atom stereocenters. The molecule has 3 nitrogen and oxygen atoms in total. The van der Waals surface area contributed by atoms with E-state index in [2.05, 4.69) is 9.80 Å². The van der Waals surface area contributed by atoms with Crippen LogP contribution in [0.25, 0.3) is 0 Å². The molecule has 0 spiro atoms. The maximum Gasteiger partial charge on any atom is 0.179 e. The minimum absolute atomic E-state index is 0.119. The van der Waals surface area contributed by atoms with Gasteiger partial charge in [0.15, 0.2) is 5.78 Å². The molecule has 1 aromatic carbocycles. The highest BCUT2D eigenvalue weighted by Crippen LogP contribution is 2.12. The lowest BCUT2D eigenvalue weighted by molar-refractivity contribution is 0.0862. The lowest BCUT2D eigenvalue weighted by Crippen LogP contribution is -2.39. The van der Waals surface area contributed by atoms with Crippen molar-refractivity contribution in [3.63, 3.8) is 0 Å². The Kier molecular flexibility index (Phi) is 5.79. The first-order chi connectivity index (χ1) is 8.41. The van der Waals surface area contributed by atoms with E-state index in [-0.39, 0.29) is 11.8 Å². The van der Waals surface area contributed by atoms with E-state index in [9.17, 15) is 4.79 Å². The molecule has 0 aromatic heterocycles. The Hall–Kier alpha value is -0.900. The Morgan fingerprint density at radius 2 is 1.72 bits per heavy atom. The zero-order valence-electron chi connectivity index (χ0n) is 11.5. The summed E-state index contributed by atoms with van der Waals surface area (Å²) in [6.45, 7) is 3.74. The number of hydrogen-bond acceptors (Lipinski definition) is 3. The SMILES string of the molecule is CC(C(=O)c1ccc(Cl)cc1)N(C)CCN(C)C. The molecule has 0 N–H and O–H groups in total. The minimum Gasteiger partial charge on any atom is -0.308 e. The number of benzene rings is 1. The normalized spacial score (nSPS) is 13.1. The van der Waals surface area contributed by atoms with Gasteiger partial charge in [0.25, 0.3) is 0 Å². The van der Waals surface area contributed by atoms with Crippen LogP contribution in [0.3, 0.4) is 0 Å². The summed E-state index contributed by atoms with van der Waals surface area (Å²) in [5, 5.41) is 0.653. The quantitative estimate of drug-likeness (QED) is 0.741. The fraction of sp³-hybridized carbons (Fsp3) is 0.500. The fourth-order valence-corrected chi connectivity index (χ4v) is 1.73. The molecule has 0 aliphatic heterocycles. The number of carbonyl (C=O) groups is 1. The molecule has 0 radical (unpaired) electrons. The van der Waals surface area contributed by atoms with Crippen LogP contribution in [0.15, 0.2) is 24.3 Å². The molecule has 0 aliphatic carbocycles. The van der Waals surface area contributed by atoms with Crippen LogP contribution < -0.4 is 0 Å². The van der Waals surface area contributed by atoms with Gasteiger partial charge >= 0.3 is 0 Å². The Balaban J connectivity index is 2.62. The van der Waals surface area contributed by atoms with Gasteiger partial charge in [-0.2, -0.15) is 0 Å². The molecule has 1 aromatic rings. The summed E-state index contributed by atoms with van der Waals surface area (Å²) in [4.78, 5) is 16.4. The van der Waals surface area contributed by atoms with Crippen LogP contribution in [-0.2, 0) is 0 Å². The van der Waals surface area contributed by atoms with E-state index in [0.717, 1.165) is 13.1 Å². The average molecular weight is 269 g/mol. The fourth-order valence-electron chi connectivity index (χ4n) is 1.61. The second-order valence-electron chi connectivity index (χ2n) is 4.83. The van der Waals surface area contributed by atoms with Gasteiger partial charge in [0, 0.05) is 23.7 Å². The van der Waals surface area contributed by atoms with Gasteiger partial charge < -0.3 is 4.90 Å². The maximum atomic E-state index is 12.2. The Morgan fingerprint density at radius 1 is 1.17 bits per heavy atom. The molecule has 18 heavy (non-hydrogen) atoms. The molecule has 4 heteroatoms. The summed E-state index contributed by atoms with van der Waals surface area (Å²) in [7, 11) is 6.03. The average Bonchev–Trinajstić information content (AvgIpc) is 2.35. The van der Waals surface area contributed by atoms with Gasteiger partial charge in [-0.15, -0.1) is 0 Å². The molecule has 0 saturated heterocycles. The number of likely N-dealkylation sites (N-methyl/N-ethyl adjacent to an activating group) is 2. The highest BCUT2D eigenvalue weighted by molar-refractivity contribution is 6.30. The van der Waals surface area contributed by atoms with Crippen LogP contribution in [-0.4, -0.2) is 55.9 Å². The highest BCUT2D eigenvalue weighted by atomic mass is 35.5. The van der Waals surface area contributed by atoms with Crippen LogP contribution in [0.2, 0.25) is 5.02 Å². The first-order valence-electron chi connectivity index (χ1n) is 6.06. The molecule has 0 heterocycles. The minimum atomic E-state index is -0.119. The molecule has 0 aliphatic rings. The first kappa shape index (κ1) is 15.2. The molecule has 100 valence electrons. The van der Waals surface area contributed by atoms with Crippen LogP contribution in [0.1, 0.15) is 17.3 Å². The molecule has 0 amide bonds. The Labute approximate surface area is 114 Å². The van der Waals surface area contributed by atoms with Crippen LogP contribution >= 0.6 is 11.6 Å². The molecule has 1 rings (SSSR count). The summed E-state index contributed by atoms with van der Waals surface area (Å²) in [6, 6.07) is 6.94. The van der Waals surface area contributed by atoms with Crippen molar-refractivity contribution in [2.24, 2.45) is 0 Å². The Bertz CT molecular complexity index is 389. The largest absolute Gasteiger partial charge is 0.308 e. The van der Waals surface area contributed by atoms with Crippen molar-refractivity contribution in [2.45, 2.75) is 13.0 Å². The molecule has 0 saturated carbocycles. The van der Waals surface area contributed by atoms with Gasteiger partial charge in [-0.05, 0) is 52.3 Å². The van der Waals surface area contributed by atoms with E-state index in [0.29, 0.717) is 10.6 Å². The van der Waals surface area contributed by atoms with Crippen LogP contribution in [0.4, 0.5) is 0 Å². The van der Waals surface area contributed by atoms with E-state index < -0.39 is 0 Å². The van der Waals surface area contributed by atoms with E-state index in [1.54, 1.807) is 24.3 Å². The van der Waals surface area contributed by atoms with Crippen molar-refractivity contribution in [1.82, 2.24) is 9.80 Å². The predicted octanol–water partition coefficient (Wildman–Crippen LogP) is 2.40. The molecule has 1 unspecified atom stereocenters. The van der Waals surface area contributed by atoms with Crippen molar-refractivity contribution in [3.05, 3.63) is 34.9 Å². The van der Waals surface area contributed by atoms with Gasteiger partial charge in [-0.3, -0.25) is 9.69 Å². The first-order valence-corrected chi connectivity index (χ1v) is 6.44. The highest BCUT2D eigenvalue weighted by Gasteiger charge is 2.19. The lowest BCUT2D eigenvalue weighted by atomic mass is 10.0. The topological polar surface area (TPSA) is 23.6 Å². The molecular weight excluding hydrogens is 248 g/mol. The van der Waals surface area contributed by atoms with Crippen molar-refractivity contribution in [1.29, 1.82) is 0 Å². The molecular formula is C14H21ClN2O. The van der Waals surface area contributed by atoms with Gasteiger partial charge in [-0.1, -0.05) is 11.6 Å². The summed E-state index contributed by atoms with van der Waals surface area (Å²) in [5.41, 5.74) is 0.712. The van der Waals surface area contributed by atoms with Crippen molar-refractivity contribution >= 4 is 17.4 Å². The number of ketones is 1. The van der Waals surface area contributed by atoms with E-state index in [4.69, 9.17) is 11.6 Å². The third-order valence-electron chi connectivity index (χ3n) is 3.07. The smallest absolute Gasteiger partial charge is 0.179 e. The lowest BCUT2D eigenvalue weighted by Gasteiger charge is -2.25. The van der Waals surface area contributed by atoms with E-state index in [1.165, 1.54) is 0 Å². The summed E-state index contributed by atoms with van der Waals surface area (Å²) < 4.78 is 0. The van der Waals surface area contributed by atoms with Crippen molar-refractivity contribution in [3.8, 4) is 0 Å². The van der Waals surface area contributed by atoms with Gasteiger partial charge in [0.2, 0.25) is 0 Å². The van der Waals surface area contributed by atoms with Gasteiger partial charge in [0.1, 0.15) is 0 Å². The third-order valence-corrected chi connectivity index (χ3v) is 3.32. The predicted molar refractivity (Wildman–Crippen MR) is 76.4 cm³/mol. The summed E-state index contributed by atoms with van der Waals surface area (Å²) >= 11 is 5.82. The molecule has 0 bridgehead atoms. The van der Waals surface area contributed by atoms with E-state index in [1.807, 2.05) is 28.1 Å². The summed E-state index contributed by atoms with van der Waals surface area (Å²) in [5.74, 6) is 0.132. The monoisotopic (exact) mass is 268 g/mol.